The van der Waals surface area contributed by atoms with Crippen LogP contribution in [-0.2, 0) is 0 Å². The van der Waals surface area contributed by atoms with Crippen LogP contribution in [0.4, 0.5) is 5.82 Å². The van der Waals surface area contributed by atoms with Gasteiger partial charge in [0.15, 0.2) is 5.82 Å². The normalized spacial score (nSPS) is 13.1. The molecule has 0 saturated heterocycles. The lowest BCUT2D eigenvalue weighted by molar-refractivity contribution is 0.551. The van der Waals surface area contributed by atoms with Gasteiger partial charge in [-0.1, -0.05) is 13.8 Å². The summed E-state index contributed by atoms with van der Waals surface area (Å²) in [6.07, 6.45) is 3.33. The van der Waals surface area contributed by atoms with E-state index in [2.05, 4.69) is 24.1 Å². The summed E-state index contributed by atoms with van der Waals surface area (Å²) in [6, 6.07) is 0.180. The summed E-state index contributed by atoms with van der Waals surface area (Å²) in [5.41, 5.74) is -0.0988. The third-order valence-corrected chi connectivity index (χ3v) is 3.05. The van der Waals surface area contributed by atoms with Gasteiger partial charge in [-0.05, 0) is 19.8 Å². The molecule has 96 valence electrons. The van der Waals surface area contributed by atoms with Crippen LogP contribution >= 0.6 is 11.6 Å². The Kier molecular flexibility index (Phi) is 5.00. The van der Waals surface area contributed by atoms with Gasteiger partial charge in [0.2, 0.25) is 0 Å². The number of anilines is 1. The molecule has 1 N–H and O–H groups in total. The van der Waals surface area contributed by atoms with Gasteiger partial charge in [0.05, 0.1) is 0 Å². The Bertz CT molecular complexity index is 414. The lowest BCUT2D eigenvalue weighted by Crippen LogP contribution is -2.33. The van der Waals surface area contributed by atoms with E-state index >= 15 is 0 Å². The predicted octanol–water partition coefficient (Wildman–Crippen LogP) is 2.50. The molecular formula is C12H20ClN3O. The van der Waals surface area contributed by atoms with Gasteiger partial charge in [-0.2, -0.15) is 0 Å². The van der Waals surface area contributed by atoms with Crippen molar-refractivity contribution >= 4 is 17.4 Å². The highest BCUT2D eigenvalue weighted by molar-refractivity contribution is 6.18. The quantitative estimate of drug-likeness (QED) is 0.825. The SMILES string of the molecule is CC(C)C(CCl)Nc1nccn(C(C)C)c1=O. The molecule has 1 unspecified atom stereocenters. The molecule has 0 radical (unpaired) electrons. The van der Waals surface area contributed by atoms with Crippen molar-refractivity contribution in [2.75, 3.05) is 11.2 Å². The summed E-state index contributed by atoms with van der Waals surface area (Å²) in [4.78, 5) is 16.2. The highest BCUT2D eigenvalue weighted by Gasteiger charge is 2.15. The Hall–Kier alpha value is -1.03. The van der Waals surface area contributed by atoms with Gasteiger partial charge in [-0.15, -0.1) is 11.6 Å². The smallest absolute Gasteiger partial charge is 0.293 e. The van der Waals surface area contributed by atoms with Gasteiger partial charge in [-0.25, -0.2) is 4.98 Å². The second-order valence-corrected chi connectivity index (χ2v) is 5.04. The summed E-state index contributed by atoms with van der Waals surface area (Å²) < 4.78 is 1.65. The molecule has 0 fully saturated rings. The highest BCUT2D eigenvalue weighted by Crippen LogP contribution is 2.09. The van der Waals surface area contributed by atoms with Gasteiger partial charge in [0.25, 0.3) is 5.56 Å². The Balaban J connectivity index is 2.99. The largest absolute Gasteiger partial charge is 0.361 e. The van der Waals surface area contributed by atoms with Gasteiger partial charge < -0.3 is 9.88 Å². The Morgan fingerprint density at radius 1 is 1.41 bits per heavy atom. The Labute approximate surface area is 107 Å². The minimum atomic E-state index is -0.0988. The topological polar surface area (TPSA) is 46.9 Å². The van der Waals surface area contributed by atoms with Crippen LogP contribution in [-0.4, -0.2) is 21.5 Å². The van der Waals surface area contributed by atoms with Crippen LogP contribution in [0.3, 0.4) is 0 Å². The highest BCUT2D eigenvalue weighted by atomic mass is 35.5. The van der Waals surface area contributed by atoms with Crippen molar-refractivity contribution < 1.29 is 0 Å². The fourth-order valence-electron chi connectivity index (χ4n) is 1.49. The Morgan fingerprint density at radius 2 is 2.06 bits per heavy atom. The molecule has 0 aliphatic rings. The zero-order valence-corrected chi connectivity index (χ0v) is 11.5. The maximum absolute atomic E-state index is 12.1. The average Bonchev–Trinajstić information content (AvgIpc) is 2.26. The molecule has 1 aromatic heterocycles. The maximum Gasteiger partial charge on any atom is 0.293 e. The van der Waals surface area contributed by atoms with E-state index in [9.17, 15) is 4.79 Å². The third-order valence-electron chi connectivity index (χ3n) is 2.72. The van der Waals surface area contributed by atoms with Gasteiger partial charge in [0.1, 0.15) is 0 Å². The molecule has 0 aliphatic carbocycles. The molecule has 17 heavy (non-hydrogen) atoms. The predicted molar refractivity (Wildman–Crippen MR) is 71.9 cm³/mol. The van der Waals surface area contributed by atoms with Crippen molar-refractivity contribution in [2.45, 2.75) is 39.8 Å². The van der Waals surface area contributed by atoms with Crippen LogP contribution in [0.15, 0.2) is 17.2 Å². The standard InChI is InChI=1S/C12H20ClN3O/c1-8(2)10(7-13)15-11-12(17)16(9(3)4)6-5-14-11/h5-6,8-10H,7H2,1-4H3,(H,14,15). The van der Waals surface area contributed by atoms with E-state index in [1.54, 1.807) is 17.0 Å². The fourth-order valence-corrected chi connectivity index (χ4v) is 1.92. The summed E-state index contributed by atoms with van der Waals surface area (Å²) in [5, 5.41) is 3.12. The molecule has 1 aromatic rings. The summed E-state index contributed by atoms with van der Waals surface area (Å²) in [7, 11) is 0. The molecule has 1 heterocycles. The van der Waals surface area contributed by atoms with E-state index in [-0.39, 0.29) is 17.6 Å². The molecule has 0 amide bonds. The number of nitrogens with one attached hydrogen (secondary N) is 1. The molecular weight excluding hydrogens is 238 g/mol. The van der Waals surface area contributed by atoms with E-state index < -0.39 is 0 Å². The molecule has 5 heteroatoms. The monoisotopic (exact) mass is 257 g/mol. The first-order valence-electron chi connectivity index (χ1n) is 5.87. The number of halogens is 1. The first kappa shape index (κ1) is 14.0. The molecule has 4 nitrogen and oxygen atoms in total. The van der Waals surface area contributed by atoms with Crippen LogP contribution < -0.4 is 10.9 Å². The fraction of sp³-hybridized carbons (Fsp3) is 0.667. The molecule has 1 atom stereocenters. The second-order valence-electron chi connectivity index (χ2n) is 4.73. The van der Waals surface area contributed by atoms with Crippen molar-refractivity contribution in [3.8, 4) is 0 Å². The summed E-state index contributed by atoms with van der Waals surface area (Å²) >= 11 is 5.87. The van der Waals surface area contributed by atoms with E-state index in [0.717, 1.165) is 0 Å². The van der Waals surface area contributed by atoms with E-state index in [1.165, 1.54) is 0 Å². The lowest BCUT2D eigenvalue weighted by atomic mass is 10.1. The number of rotatable bonds is 5. The molecule has 0 aliphatic heterocycles. The molecule has 0 saturated carbocycles. The number of hydrogen-bond acceptors (Lipinski definition) is 3. The zero-order chi connectivity index (χ0) is 13.0. The van der Waals surface area contributed by atoms with Crippen LogP contribution in [0.2, 0.25) is 0 Å². The summed E-state index contributed by atoms with van der Waals surface area (Å²) in [6.45, 7) is 8.05. The van der Waals surface area contributed by atoms with Crippen LogP contribution in [0.5, 0.6) is 0 Å². The number of nitrogens with zero attached hydrogens (tertiary/aromatic N) is 2. The first-order valence-corrected chi connectivity index (χ1v) is 6.40. The zero-order valence-electron chi connectivity index (χ0n) is 10.8. The number of hydrogen-bond donors (Lipinski definition) is 1. The first-order chi connectivity index (χ1) is 7.97. The van der Waals surface area contributed by atoms with Gasteiger partial charge in [-0.3, -0.25) is 4.79 Å². The maximum atomic E-state index is 12.1. The Morgan fingerprint density at radius 3 is 2.53 bits per heavy atom. The van der Waals surface area contributed by atoms with Crippen LogP contribution in [0.25, 0.3) is 0 Å². The van der Waals surface area contributed by atoms with Crippen molar-refractivity contribution in [3.63, 3.8) is 0 Å². The third kappa shape index (κ3) is 3.46. The molecule has 0 aromatic carbocycles. The minimum Gasteiger partial charge on any atom is -0.361 e. The molecule has 0 bridgehead atoms. The summed E-state index contributed by atoms with van der Waals surface area (Å²) in [5.74, 6) is 1.18. The van der Waals surface area contributed by atoms with Crippen LogP contribution in [0, 0.1) is 5.92 Å². The molecule has 0 spiro atoms. The van der Waals surface area contributed by atoms with Gasteiger partial charge >= 0.3 is 0 Å². The van der Waals surface area contributed by atoms with Crippen molar-refractivity contribution in [3.05, 3.63) is 22.7 Å². The lowest BCUT2D eigenvalue weighted by Gasteiger charge is -2.20. The average molecular weight is 258 g/mol. The number of aromatic nitrogens is 2. The van der Waals surface area contributed by atoms with Crippen molar-refractivity contribution in [1.82, 2.24) is 9.55 Å². The van der Waals surface area contributed by atoms with E-state index in [1.807, 2.05) is 13.8 Å². The van der Waals surface area contributed by atoms with Crippen molar-refractivity contribution in [1.29, 1.82) is 0 Å². The number of alkyl halides is 1. The van der Waals surface area contributed by atoms with Crippen LogP contribution in [0.1, 0.15) is 33.7 Å². The molecule has 1 rings (SSSR count). The van der Waals surface area contributed by atoms with Crippen molar-refractivity contribution in [2.24, 2.45) is 5.92 Å². The van der Waals surface area contributed by atoms with E-state index in [0.29, 0.717) is 17.6 Å². The van der Waals surface area contributed by atoms with E-state index in [4.69, 9.17) is 11.6 Å². The second kappa shape index (κ2) is 6.05. The van der Waals surface area contributed by atoms with Gasteiger partial charge in [0, 0.05) is 30.4 Å². The minimum absolute atomic E-state index is 0.0554.